The van der Waals surface area contributed by atoms with Gasteiger partial charge >= 0.3 is 5.69 Å². The largest absolute Gasteiger partial charge is 0.314 e. The average molecular weight is 282 g/mol. The SMILES string of the molecule is CCCNC(C)C(CC)Cc1ccc([N+](=O)[O-])c(F)c1. The van der Waals surface area contributed by atoms with Crippen molar-refractivity contribution in [3.8, 4) is 0 Å². The third-order valence-corrected chi connectivity index (χ3v) is 3.65. The van der Waals surface area contributed by atoms with Crippen LogP contribution in [0.25, 0.3) is 0 Å². The standard InChI is InChI=1S/C15H23FN2O2/c1-4-8-17-11(3)13(5-2)9-12-6-7-15(18(19)20)14(16)10-12/h6-7,10-11,13,17H,4-5,8-9H2,1-3H3. The second-order valence-electron chi connectivity index (χ2n) is 5.16. The van der Waals surface area contributed by atoms with Crippen molar-refractivity contribution in [2.75, 3.05) is 6.54 Å². The molecule has 5 heteroatoms. The lowest BCUT2D eigenvalue weighted by molar-refractivity contribution is -0.387. The summed E-state index contributed by atoms with van der Waals surface area (Å²) < 4.78 is 13.6. The van der Waals surface area contributed by atoms with Crippen LogP contribution in [0, 0.1) is 21.8 Å². The molecule has 0 saturated carbocycles. The van der Waals surface area contributed by atoms with E-state index in [0.717, 1.165) is 31.4 Å². The molecule has 0 heterocycles. The Morgan fingerprint density at radius 2 is 2.10 bits per heavy atom. The highest BCUT2D eigenvalue weighted by molar-refractivity contribution is 5.35. The number of hydrogen-bond donors (Lipinski definition) is 1. The van der Waals surface area contributed by atoms with Crippen molar-refractivity contribution >= 4 is 5.69 Å². The second-order valence-corrected chi connectivity index (χ2v) is 5.16. The van der Waals surface area contributed by atoms with E-state index < -0.39 is 16.4 Å². The molecule has 0 aliphatic carbocycles. The van der Waals surface area contributed by atoms with Crippen LogP contribution in [-0.2, 0) is 6.42 Å². The van der Waals surface area contributed by atoms with Crippen LogP contribution in [0.5, 0.6) is 0 Å². The van der Waals surface area contributed by atoms with Crippen LogP contribution in [0.4, 0.5) is 10.1 Å². The van der Waals surface area contributed by atoms with Gasteiger partial charge < -0.3 is 5.32 Å². The molecule has 0 aromatic heterocycles. The normalized spacial score (nSPS) is 14.0. The van der Waals surface area contributed by atoms with E-state index in [1.165, 1.54) is 12.1 Å². The van der Waals surface area contributed by atoms with Crippen LogP contribution in [0.1, 0.15) is 39.2 Å². The van der Waals surface area contributed by atoms with Crippen molar-refractivity contribution in [1.82, 2.24) is 5.32 Å². The van der Waals surface area contributed by atoms with Crippen LogP contribution in [0.2, 0.25) is 0 Å². The third kappa shape index (κ3) is 4.56. The summed E-state index contributed by atoms with van der Waals surface area (Å²) in [5, 5.41) is 14.0. The number of benzene rings is 1. The molecule has 0 aliphatic heterocycles. The third-order valence-electron chi connectivity index (χ3n) is 3.65. The highest BCUT2D eigenvalue weighted by Crippen LogP contribution is 2.22. The fraction of sp³-hybridized carbons (Fsp3) is 0.600. The van der Waals surface area contributed by atoms with Crippen LogP contribution < -0.4 is 5.32 Å². The first kappa shape index (κ1) is 16.6. The topological polar surface area (TPSA) is 55.2 Å². The minimum absolute atomic E-state index is 0.346. The number of hydrogen-bond acceptors (Lipinski definition) is 3. The minimum atomic E-state index is -0.753. The molecule has 2 unspecified atom stereocenters. The van der Waals surface area contributed by atoms with Gasteiger partial charge in [-0.25, -0.2) is 0 Å². The zero-order valence-electron chi connectivity index (χ0n) is 12.4. The Kier molecular flexibility index (Phi) is 6.58. The van der Waals surface area contributed by atoms with Gasteiger partial charge in [0, 0.05) is 12.1 Å². The van der Waals surface area contributed by atoms with Crippen LogP contribution in [0.3, 0.4) is 0 Å². The number of nitro benzene ring substituents is 1. The van der Waals surface area contributed by atoms with E-state index in [4.69, 9.17) is 0 Å². The molecule has 20 heavy (non-hydrogen) atoms. The molecule has 112 valence electrons. The molecule has 0 fully saturated rings. The van der Waals surface area contributed by atoms with Gasteiger partial charge in [0.05, 0.1) is 4.92 Å². The predicted molar refractivity (Wildman–Crippen MR) is 78.3 cm³/mol. The van der Waals surface area contributed by atoms with Crippen LogP contribution in [0.15, 0.2) is 18.2 Å². The van der Waals surface area contributed by atoms with Crippen molar-refractivity contribution in [2.24, 2.45) is 5.92 Å². The molecule has 4 nitrogen and oxygen atoms in total. The van der Waals surface area contributed by atoms with Gasteiger partial charge in [0.25, 0.3) is 0 Å². The quantitative estimate of drug-likeness (QED) is 0.584. The first-order valence-electron chi connectivity index (χ1n) is 7.15. The lowest BCUT2D eigenvalue weighted by Crippen LogP contribution is -2.34. The summed E-state index contributed by atoms with van der Waals surface area (Å²) in [6.07, 6.45) is 2.78. The molecule has 1 aromatic carbocycles. The molecule has 1 N–H and O–H groups in total. The van der Waals surface area contributed by atoms with Gasteiger partial charge in [-0.2, -0.15) is 4.39 Å². The van der Waals surface area contributed by atoms with E-state index in [1.54, 1.807) is 6.07 Å². The van der Waals surface area contributed by atoms with Crippen molar-refractivity contribution < 1.29 is 9.31 Å². The number of nitrogens with zero attached hydrogens (tertiary/aromatic N) is 1. The first-order chi connectivity index (χ1) is 9.49. The molecule has 0 saturated heterocycles. The second kappa shape index (κ2) is 7.94. The first-order valence-corrected chi connectivity index (χ1v) is 7.15. The Morgan fingerprint density at radius 3 is 2.60 bits per heavy atom. The molecule has 0 spiro atoms. The van der Waals surface area contributed by atoms with E-state index in [0.29, 0.717) is 12.0 Å². The number of nitrogens with one attached hydrogen (secondary N) is 1. The Hall–Kier alpha value is -1.49. The van der Waals surface area contributed by atoms with E-state index in [1.807, 2.05) is 0 Å². The maximum absolute atomic E-state index is 13.6. The Labute approximate surface area is 119 Å². The van der Waals surface area contributed by atoms with E-state index in [9.17, 15) is 14.5 Å². The van der Waals surface area contributed by atoms with Crippen LogP contribution in [-0.4, -0.2) is 17.5 Å². The fourth-order valence-electron chi connectivity index (χ4n) is 2.34. The van der Waals surface area contributed by atoms with E-state index in [-0.39, 0.29) is 0 Å². The van der Waals surface area contributed by atoms with E-state index in [2.05, 4.69) is 26.1 Å². The number of nitro groups is 1. The maximum Gasteiger partial charge on any atom is 0.304 e. The molecule has 0 bridgehead atoms. The minimum Gasteiger partial charge on any atom is -0.314 e. The average Bonchev–Trinajstić information content (AvgIpc) is 2.41. The van der Waals surface area contributed by atoms with Crippen LogP contribution >= 0.6 is 0 Å². The Bertz CT molecular complexity index is 451. The van der Waals surface area contributed by atoms with Gasteiger partial charge in [-0.3, -0.25) is 10.1 Å². The molecule has 1 rings (SSSR count). The maximum atomic E-state index is 13.6. The summed E-state index contributed by atoms with van der Waals surface area (Å²) >= 11 is 0. The Morgan fingerprint density at radius 1 is 1.40 bits per heavy atom. The smallest absolute Gasteiger partial charge is 0.304 e. The summed E-state index contributed by atoms with van der Waals surface area (Å²) in [7, 11) is 0. The summed E-state index contributed by atoms with van der Waals surface area (Å²) in [6, 6.07) is 4.53. The lowest BCUT2D eigenvalue weighted by Gasteiger charge is -2.24. The van der Waals surface area contributed by atoms with Crippen molar-refractivity contribution in [2.45, 2.75) is 46.1 Å². The van der Waals surface area contributed by atoms with Gasteiger partial charge in [0.15, 0.2) is 0 Å². The molecule has 0 aliphatic rings. The molecule has 2 atom stereocenters. The van der Waals surface area contributed by atoms with Crippen molar-refractivity contribution in [3.05, 3.63) is 39.7 Å². The fourth-order valence-corrected chi connectivity index (χ4v) is 2.34. The monoisotopic (exact) mass is 282 g/mol. The summed E-state index contributed by atoms with van der Waals surface area (Å²) in [5.41, 5.74) is 0.351. The molecule has 1 aromatic rings. The zero-order chi connectivity index (χ0) is 15.1. The van der Waals surface area contributed by atoms with Crippen molar-refractivity contribution in [1.29, 1.82) is 0 Å². The number of rotatable bonds is 8. The van der Waals surface area contributed by atoms with Gasteiger partial charge in [-0.1, -0.05) is 26.3 Å². The molecule has 0 radical (unpaired) electrons. The molecule has 0 amide bonds. The summed E-state index contributed by atoms with van der Waals surface area (Å²) in [6.45, 7) is 7.32. The highest BCUT2D eigenvalue weighted by Gasteiger charge is 2.18. The van der Waals surface area contributed by atoms with Gasteiger partial charge in [-0.05, 0) is 43.9 Å². The summed E-state index contributed by atoms with van der Waals surface area (Å²) in [4.78, 5) is 9.90. The number of halogens is 1. The molecular formula is C15H23FN2O2. The highest BCUT2D eigenvalue weighted by atomic mass is 19.1. The van der Waals surface area contributed by atoms with Gasteiger partial charge in [0.1, 0.15) is 0 Å². The summed E-state index contributed by atoms with van der Waals surface area (Å²) in [5.74, 6) is -0.362. The van der Waals surface area contributed by atoms with E-state index >= 15 is 0 Å². The van der Waals surface area contributed by atoms with Crippen molar-refractivity contribution in [3.63, 3.8) is 0 Å². The van der Waals surface area contributed by atoms with Gasteiger partial charge in [0.2, 0.25) is 5.82 Å². The lowest BCUT2D eigenvalue weighted by atomic mass is 9.90. The predicted octanol–water partition coefficient (Wildman–Crippen LogP) is 3.69. The Balaban J connectivity index is 2.75. The van der Waals surface area contributed by atoms with Gasteiger partial charge in [-0.15, -0.1) is 0 Å². The molecular weight excluding hydrogens is 259 g/mol. The zero-order valence-corrected chi connectivity index (χ0v) is 12.4.